The molecule has 0 atom stereocenters. The maximum atomic E-state index is 4.02. The van der Waals surface area contributed by atoms with Crippen LogP contribution < -0.4 is 0 Å². The maximum absolute atomic E-state index is 4.02. The Hall–Kier alpha value is -1.17. The molecule has 0 aliphatic heterocycles. The second kappa shape index (κ2) is 10.4. The average Bonchev–Trinajstić information content (AvgIpc) is 2.26. The van der Waals surface area contributed by atoms with Crippen LogP contribution in [0.5, 0.6) is 0 Å². The zero-order chi connectivity index (χ0) is 12.2. The van der Waals surface area contributed by atoms with Gasteiger partial charge in [0.05, 0.1) is 13.3 Å². The van der Waals surface area contributed by atoms with Gasteiger partial charge in [-0.05, 0) is 38.5 Å². The van der Waals surface area contributed by atoms with Gasteiger partial charge < -0.3 is 0 Å². The third kappa shape index (κ3) is 8.16. The number of allylic oxidation sites excluding steroid dienone is 5. The molecule has 0 rings (SSSR count). The first-order valence-corrected chi connectivity index (χ1v) is 6.10. The summed E-state index contributed by atoms with van der Waals surface area (Å²) in [6.45, 7) is 15.4. The van der Waals surface area contributed by atoms with Gasteiger partial charge in [-0.3, -0.25) is 0 Å². The van der Waals surface area contributed by atoms with Crippen molar-refractivity contribution in [2.24, 2.45) is 0 Å². The molecule has 0 N–H and O–H groups in total. The summed E-state index contributed by atoms with van der Waals surface area (Å²) in [5.41, 5.74) is 2.71. The fourth-order valence-corrected chi connectivity index (χ4v) is 1.58. The highest BCUT2D eigenvalue weighted by Crippen LogP contribution is 2.16. The predicted molar refractivity (Wildman–Crippen MR) is 75.3 cm³/mol. The van der Waals surface area contributed by atoms with E-state index in [0.29, 0.717) is 0 Å². The SMILES string of the molecule is C=CCC(=C)CC=C(CC=C)CCCC[CH2+]. The van der Waals surface area contributed by atoms with Crippen LogP contribution in [0.15, 0.2) is 49.1 Å². The number of hydrogen-bond acceptors (Lipinski definition) is 0. The molecule has 0 heterocycles. The van der Waals surface area contributed by atoms with Gasteiger partial charge in [0.15, 0.2) is 0 Å². The fraction of sp³-hybridized carbons (Fsp3) is 0.438. The van der Waals surface area contributed by atoms with Gasteiger partial charge in [0.1, 0.15) is 0 Å². The van der Waals surface area contributed by atoms with Crippen molar-refractivity contribution in [3.63, 3.8) is 0 Å². The van der Waals surface area contributed by atoms with Crippen LogP contribution >= 0.6 is 0 Å². The second-order valence-electron chi connectivity index (χ2n) is 4.11. The van der Waals surface area contributed by atoms with Crippen LogP contribution in [-0.2, 0) is 0 Å². The van der Waals surface area contributed by atoms with E-state index < -0.39 is 0 Å². The van der Waals surface area contributed by atoms with E-state index in [1.165, 1.54) is 30.4 Å². The van der Waals surface area contributed by atoms with E-state index in [-0.39, 0.29) is 0 Å². The predicted octanol–water partition coefficient (Wildman–Crippen LogP) is 5.41. The molecule has 0 aliphatic carbocycles. The third-order valence-corrected chi connectivity index (χ3v) is 2.52. The maximum Gasteiger partial charge on any atom is 0.0850 e. The summed E-state index contributed by atoms with van der Waals surface area (Å²) in [4.78, 5) is 0. The van der Waals surface area contributed by atoms with Crippen LogP contribution in [0.1, 0.15) is 44.9 Å². The molecule has 0 saturated heterocycles. The van der Waals surface area contributed by atoms with Crippen molar-refractivity contribution >= 4 is 0 Å². The molecule has 0 aromatic carbocycles. The Balaban J connectivity index is 4.06. The van der Waals surface area contributed by atoms with Gasteiger partial charge >= 0.3 is 0 Å². The molecule has 0 unspecified atom stereocenters. The molecule has 0 spiro atoms. The van der Waals surface area contributed by atoms with E-state index in [4.69, 9.17) is 0 Å². The van der Waals surface area contributed by atoms with E-state index in [2.05, 4.69) is 32.7 Å². The van der Waals surface area contributed by atoms with Gasteiger partial charge in [-0.2, -0.15) is 0 Å². The van der Waals surface area contributed by atoms with Crippen LogP contribution in [0.4, 0.5) is 0 Å². The van der Waals surface area contributed by atoms with E-state index in [1.807, 2.05) is 12.2 Å². The van der Waals surface area contributed by atoms with Gasteiger partial charge in [0, 0.05) is 0 Å². The second-order valence-corrected chi connectivity index (χ2v) is 4.11. The van der Waals surface area contributed by atoms with Gasteiger partial charge in [-0.1, -0.05) is 36.0 Å². The molecule has 88 valence electrons. The van der Waals surface area contributed by atoms with Crippen molar-refractivity contribution in [2.75, 3.05) is 0 Å². The summed E-state index contributed by atoms with van der Waals surface area (Å²) < 4.78 is 0. The monoisotopic (exact) mass is 217 g/mol. The van der Waals surface area contributed by atoms with Crippen molar-refractivity contribution in [1.29, 1.82) is 0 Å². The lowest BCUT2D eigenvalue weighted by Crippen LogP contribution is -1.85. The number of rotatable bonds is 10. The zero-order valence-electron chi connectivity index (χ0n) is 10.5. The van der Waals surface area contributed by atoms with Crippen molar-refractivity contribution in [3.8, 4) is 0 Å². The molecule has 16 heavy (non-hydrogen) atoms. The number of hydrogen-bond donors (Lipinski definition) is 0. The van der Waals surface area contributed by atoms with E-state index in [1.54, 1.807) is 0 Å². The lowest BCUT2D eigenvalue weighted by Gasteiger charge is -2.05. The topological polar surface area (TPSA) is 0 Å². The normalized spacial score (nSPS) is 11.1. The Bertz CT molecular complexity index is 243. The Morgan fingerprint density at radius 3 is 2.25 bits per heavy atom. The first kappa shape index (κ1) is 14.8. The van der Waals surface area contributed by atoms with Gasteiger partial charge in [0.2, 0.25) is 0 Å². The Kier molecular flexibility index (Phi) is 9.59. The van der Waals surface area contributed by atoms with Crippen molar-refractivity contribution in [3.05, 3.63) is 56.0 Å². The zero-order valence-corrected chi connectivity index (χ0v) is 10.5. The lowest BCUT2D eigenvalue weighted by atomic mass is 10.0. The van der Waals surface area contributed by atoms with Crippen LogP contribution in [0, 0.1) is 6.92 Å². The van der Waals surface area contributed by atoms with Gasteiger partial charge in [-0.15, -0.1) is 13.2 Å². The summed E-state index contributed by atoms with van der Waals surface area (Å²) in [6, 6.07) is 0. The van der Waals surface area contributed by atoms with E-state index in [0.717, 1.165) is 25.7 Å². The summed E-state index contributed by atoms with van der Waals surface area (Å²) >= 11 is 0. The smallest absolute Gasteiger partial charge is 0.0850 e. The first-order valence-electron chi connectivity index (χ1n) is 6.10. The highest BCUT2D eigenvalue weighted by Gasteiger charge is 1.97. The summed E-state index contributed by atoms with van der Waals surface area (Å²) in [5, 5.41) is 0. The highest BCUT2D eigenvalue weighted by atomic mass is 14.0. The molecule has 0 heteroatoms. The molecule has 0 aromatic heterocycles. The summed E-state index contributed by atoms with van der Waals surface area (Å²) in [7, 11) is 0. The molecule has 0 saturated carbocycles. The van der Waals surface area contributed by atoms with E-state index >= 15 is 0 Å². The molecule has 0 aliphatic rings. The summed E-state index contributed by atoms with van der Waals surface area (Å²) in [5.74, 6) is 0. The molecule has 0 aromatic rings. The molecular formula is C16H25+. The fourth-order valence-electron chi connectivity index (χ4n) is 1.58. The molecule has 0 bridgehead atoms. The quantitative estimate of drug-likeness (QED) is 0.261. The third-order valence-electron chi connectivity index (χ3n) is 2.52. The average molecular weight is 217 g/mol. The van der Waals surface area contributed by atoms with Gasteiger partial charge in [-0.25, -0.2) is 0 Å². The minimum atomic E-state index is 0.913. The highest BCUT2D eigenvalue weighted by molar-refractivity contribution is 5.13. The van der Waals surface area contributed by atoms with Crippen LogP contribution in [0.3, 0.4) is 0 Å². The molecule has 0 fully saturated rings. The summed E-state index contributed by atoms with van der Waals surface area (Å²) in [6.07, 6.45) is 13.7. The lowest BCUT2D eigenvalue weighted by molar-refractivity contribution is 0.730. The van der Waals surface area contributed by atoms with Crippen LogP contribution in [0.25, 0.3) is 0 Å². The van der Waals surface area contributed by atoms with E-state index in [9.17, 15) is 0 Å². The van der Waals surface area contributed by atoms with Crippen LogP contribution in [0.2, 0.25) is 0 Å². The van der Waals surface area contributed by atoms with Crippen molar-refractivity contribution in [1.82, 2.24) is 0 Å². The van der Waals surface area contributed by atoms with Crippen molar-refractivity contribution in [2.45, 2.75) is 44.9 Å². The van der Waals surface area contributed by atoms with Crippen LogP contribution in [-0.4, -0.2) is 0 Å². The minimum Gasteiger partial charge on any atom is -0.103 e. The number of unbranched alkanes of at least 4 members (excludes halogenated alkanes) is 2. The van der Waals surface area contributed by atoms with Gasteiger partial charge in [0.25, 0.3) is 0 Å². The molecule has 0 radical (unpaired) electrons. The Labute approximate surface area is 101 Å². The molecule has 0 amide bonds. The Morgan fingerprint density at radius 2 is 1.69 bits per heavy atom. The standard InChI is InChI=1S/C16H25/c1-5-8-9-12-16(11-7-3)14-13-15(4)10-6-2/h6-7,14H,1-5,8-13H2/q+1. The largest absolute Gasteiger partial charge is 0.103 e. The Morgan fingerprint density at radius 1 is 1.00 bits per heavy atom. The molecule has 0 nitrogen and oxygen atoms in total. The first-order chi connectivity index (χ1) is 7.74. The molecular weight excluding hydrogens is 192 g/mol. The van der Waals surface area contributed by atoms with Crippen molar-refractivity contribution < 1.29 is 0 Å². The minimum absolute atomic E-state index is 0.913.